The Morgan fingerprint density at radius 3 is 2.32 bits per heavy atom. The molecule has 0 aliphatic heterocycles. The summed E-state index contributed by atoms with van der Waals surface area (Å²) in [6.45, 7) is 6.34. The molecule has 0 aliphatic carbocycles. The van der Waals surface area contributed by atoms with Gasteiger partial charge in [-0.1, -0.05) is 80.2 Å². The number of nitrogens with zero attached hydrogens (tertiary/aromatic N) is 3. The molecule has 1 amide bonds. The van der Waals surface area contributed by atoms with Crippen LogP contribution >= 0.6 is 11.8 Å². The van der Waals surface area contributed by atoms with Crippen LogP contribution in [0, 0.1) is 0 Å². The lowest BCUT2D eigenvalue weighted by Gasteiger charge is -2.14. The molecule has 0 bridgehead atoms. The topological polar surface area (TPSA) is 59.8 Å². The van der Waals surface area contributed by atoms with E-state index in [2.05, 4.69) is 53.6 Å². The number of benzene rings is 2. The number of hydrogen-bond acceptors (Lipinski definition) is 4. The maximum Gasteiger partial charge on any atom is 0.230 e. The van der Waals surface area contributed by atoms with Crippen molar-refractivity contribution in [1.82, 2.24) is 20.1 Å². The molecule has 3 rings (SSSR count). The Hall–Kier alpha value is -2.60. The third-order valence-corrected chi connectivity index (χ3v) is 5.70. The van der Waals surface area contributed by atoms with Gasteiger partial charge in [0, 0.05) is 12.6 Å². The van der Waals surface area contributed by atoms with Gasteiger partial charge >= 0.3 is 0 Å². The number of rotatable bonds is 7. The van der Waals surface area contributed by atoms with Crippen molar-refractivity contribution in [2.75, 3.05) is 5.75 Å². The predicted octanol–water partition coefficient (Wildman–Crippen LogP) is 4.58. The molecule has 1 aromatic heterocycles. The SMILES string of the molecule is CC(C)c1ccc(-c2nnc(SCC(=O)NC(C)c3ccccc3)n2C)cc1. The molecule has 6 heteroatoms. The Morgan fingerprint density at radius 2 is 1.68 bits per heavy atom. The van der Waals surface area contributed by atoms with Crippen molar-refractivity contribution in [2.45, 2.75) is 37.9 Å². The molecule has 1 heterocycles. The van der Waals surface area contributed by atoms with Crippen LogP contribution in [0.5, 0.6) is 0 Å². The van der Waals surface area contributed by atoms with E-state index >= 15 is 0 Å². The summed E-state index contributed by atoms with van der Waals surface area (Å²) < 4.78 is 1.93. The second-order valence-electron chi connectivity index (χ2n) is 7.13. The highest BCUT2D eigenvalue weighted by Crippen LogP contribution is 2.24. The van der Waals surface area contributed by atoms with Gasteiger partial charge in [0.2, 0.25) is 5.91 Å². The molecule has 0 saturated heterocycles. The molecule has 2 aromatic carbocycles. The Morgan fingerprint density at radius 1 is 1.00 bits per heavy atom. The fourth-order valence-electron chi connectivity index (χ4n) is 2.95. The average molecular weight is 395 g/mol. The van der Waals surface area contributed by atoms with Crippen molar-refractivity contribution in [3.05, 3.63) is 65.7 Å². The summed E-state index contributed by atoms with van der Waals surface area (Å²) >= 11 is 1.39. The lowest BCUT2D eigenvalue weighted by atomic mass is 10.0. The first-order valence-corrected chi connectivity index (χ1v) is 10.4. The van der Waals surface area contributed by atoms with Crippen molar-refractivity contribution in [3.63, 3.8) is 0 Å². The third-order valence-electron chi connectivity index (χ3n) is 4.68. The van der Waals surface area contributed by atoms with E-state index in [1.165, 1.54) is 17.3 Å². The van der Waals surface area contributed by atoms with Crippen molar-refractivity contribution in [1.29, 1.82) is 0 Å². The number of carbonyl (C=O) groups excluding carboxylic acids is 1. The summed E-state index contributed by atoms with van der Waals surface area (Å²) in [5, 5.41) is 12.3. The van der Waals surface area contributed by atoms with Gasteiger partial charge in [-0.2, -0.15) is 0 Å². The summed E-state index contributed by atoms with van der Waals surface area (Å²) in [4.78, 5) is 12.3. The summed E-state index contributed by atoms with van der Waals surface area (Å²) in [6, 6.07) is 18.3. The highest BCUT2D eigenvalue weighted by atomic mass is 32.2. The molecule has 0 fully saturated rings. The molecule has 3 aromatic rings. The molecular weight excluding hydrogens is 368 g/mol. The normalized spacial score (nSPS) is 12.2. The van der Waals surface area contributed by atoms with E-state index in [1.807, 2.05) is 48.9 Å². The zero-order valence-electron chi connectivity index (χ0n) is 16.7. The predicted molar refractivity (Wildman–Crippen MR) is 114 cm³/mol. The standard InChI is InChI=1S/C22H26N4OS/c1-15(2)17-10-12-19(13-11-17)21-24-25-22(26(21)4)28-14-20(27)23-16(3)18-8-6-5-7-9-18/h5-13,15-16H,14H2,1-4H3,(H,23,27). The minimum absolute atomic E-state index is 0.0211. The van der Waals surface area contributed by atoms with E-state index in [0.29, 0.717) is 11.7 Å². The molecule has 146 valence electrons. The van der Waals surface area contributed by atoms with Crippen LogP contribution in [0.4, 0.5) is 0 Å². The first-order chi connectivity index (χ1) is 13.5. The molecular formula is C22H26N4OS. The van der Waals surface area contributed by atoms with Crippen LogP contribution in [0.1, 0.15) is 43.9 Å². The zero-order chi connectivity index (χ0) is 20.1. The van der Waals surface area contributed by atoms with E-state index in [4.69, 9.17) is 0 Å². The lowest BCUT2D eigenvalue weighted by molar-refractivity contribution is -0.119. The fourth-order valence-corrected chi connectivity index (χ4v) is 3.67. The molecule has 1 unspecified atom stereocenters. The number of hydrogen-bond donors (Lipinski definition) is 1. The van der Waals surface area contributed by atoms with E-state index in [0.717, 1.165) is 22.1 Å². The summed E-state index contributed by atoms with van der Waals surface area (Å²) in [5.74, 6) is 1.58. The number of aromatic nitrogens is 3. The Bertz CT molecular complexity index is 919. The minimum atomic E-state index is -0.0242. The molecule has 28 heavy (non-hydrogen) atoms. The second kappa shape index (κ2) is 9.06. The summed E-state index contributed by atoms with van der Waals surface area (Å²) in [6.07, 6.45) is 0. The van der Waals surface area contributed by atoms with Crippen LogP contribution in [-0.4, -0.2) is 26.4 Å². The average Bonchev–Trinajstić information content (AvgIpc) is 3.07. The van der Waals surface area contributed by atoms with Gasteiger partial charge in [-0.3, -0.25) is 4.79 Å². The van der Waals surface area contributed by atoms with Gasteiger partial charge in [0.1, 0.15) is 0 Å². The Labute approximate surface area is 170 Å². The van der Waals surface area contributed by atoms with Crippen LogP contribution < -0.4 is 5.32 Å². The maximum atomic E-state index is 12.3. The van der Waals surface area contributed by atoms with Crippen molar-refractivity contribution in [3.8, 4) is 11.4 Å². The Balaban J connectivity index is 1.60. The van der Waals surface area contributed by atoms with Gasteiger partial charge in [-0.15, -0.1) is 10.2 Å². The number of nitrogens with one attached hydrogen (secondary N) is 1. The largest absolute Gasteiger partial charge is 0.349 e. The first-order valence-electron chi connectivity index (χ1n) is 9.42. The maximum absolute atomic E-state index is 12.3. The minimum Gasteiger partial charge on any atom is -0.349 e. The monoisotopic (exact) mass is 394 g/mol. The quantitative estimate of drug-likeness (QED) is 0.596. The van der Waals surface area contributed by atoms with Gasteiger partial charge in [-0.05, 0) is 24.0 Å². The van der Waals surface area contributed by atoms with Crippen molar-refractivity contribution in [2.24, 2.45) is 7.05 Å². The fraction of sp³-hybridized carbons (Fsp3) is 0.318. The van der Waals surface area contributed by atoms with Crippen molar-refractivity contribution >= 4 is 17.7 Å². The Kier molecular flexibility index (Phi) is 6.52. The van der Waals surface area contributed by atoms with E-state index in [-0.39, 0.29) is 11.9 Å². The van der Waals surface area contributed by atoms with Gasteiger partial charge < -0.3 is 9.88 Å². The molecule has 5 nitrogen and oxygen atoms in total. The molecule has 1 atom stereocenters. The van der Waals surface area contributed by atoms with Gasteiger partial charge in [0.05, 0.1) is 11.8 Å². The molecule has 0 spiro atoms. The molecule has 0 aliphatic rings. The lowest BCUT2D eigenvalue weighted by Crippen LogP contribution is -2.28. The number of carbonyl (C=O) groups is 1. The van der Waals surface area contributed by atoms with Crippen LogP contribution in [-0.2, 0) is 11.8 Å². The number of thioether (sulfide) groups is 1. The third kappa shape index (κ3) is 4.81. The molecule has 1 N–H and O–H groups in total. The van der Waals surface area contributed by atoms with Crippen LogP contribution in [0.2, 0.25) is 0 Å². The first kappa shape index (κ1) is 20.1. The van der Waals surface area contributed by atoms with E-state index in [9.17, 15) is 4.79 Å². The second-order valence-corrected chi connectivity index (χ2v) is 8.07. The highest BCUT2D eigenvalue weighted by Gasteiger charge is 2.14. The highest BCUT2D eigenvalue weighted by molar-refractivity contribution is 7.99. The molecule has 0 saturated carbocycles. The van der Waals surface area contributed by atoms with Crippen LogP contribution in [0.3, 0.4) is 0 Å². The van der Waals surface area contributed by atoms with E-state index < -0.39 is 0 Å². The molecule has 0 radical (unpaired) electrons. The van der Waals surface area contributed by atoms with Crippen molar-refractivity contribution < 1.29 is 4.79 Å². The summed E-state index contributed by atoms with van der Waals surface area (Å²) in [5.41, 5.74) is 3.41. The number of amides is 1. The summed E-state index contributed by atoms with van der Waals surface area (Å²) in [7, 11) is 1.93. The zero-order valence-corrected chi connectivity index (χ0v) is 17.5. The van der Waals surface area contributed by atoms with Crippen LogP contribution in [0.25, 0.3) is 11.4 Å². The van der Waals surface area contributed by atoms with Gasteiger partial charge in [0.15, 0.2) is 11.0 Å². The van der Waals surface area contributed by atoms with E-state index in [1.54, 1.807) is 0 Å². The van der Waals surface area contributed by atoms with Gasteiger partial charge in [-0.25, -0.2) is 0 Å². The van der Waals surface area contributed by atoms with Crippen LogP contribution in [0.15, 0.2) is 59.8 Å². The smallest absolute Gasteiger partial charge is 0.230 e. The van der Waals surface area contributed by atoms with Gasteiger partial charge in [0.25, 0.3) is 0 Å².